The SMILES string of the molecule is Nc1cccc2ccn(Cc3ccc(Br)cc3Cl)c12. The molecule has 0 fully saturated rings. The fraction of sp³-hybridized carbons (Fsp3) is 0.0667. The summed E-state index contributed by atoms with van der Waals surface area (Å²) in [5.41, 5.74) is 8.98. The molecule has 0 bridgehead atoms. The van der Waals surface area contributed by atoms with Crippen molar-refractivity contribution >= 4 is 44.1 Å². The Balaban J connectivity index is 2.06. The van der Waals surface area contributed by atoms with Crippen molar-refractivity contribution in [1.82, 2.24) is 4.57 Å². The molecule has 0 atom stereocenters. The van der Waals surface area contributed by atoms with Gasteiger partial charge < -0.3 is 10.3 Å². The number of nitrogens with two attached hydrogens (primary N) is 1. The summed E-state index contributed by atoms with van der Waals surface area (Å²) < 4.78 is 3.11. The highest BCUT2D eigenvalue weighted by Gasteiger charge is 2.07. The molecule has 0 aliphatic heterocycles. The Bertz CT molecular complexity index is 749. The first-order valence-electron chi connectivity index (χ1n) is 5.92. The summed E-state index contributed by atoms with van der Waals surface area (Å²) in [7, 11) is 0. The number of rotatable bonds is 2. The predicted molar refractivity (Wildman–Crippen MR) is 84.6 cm³/mol. The van der Waals surface area contributed by atoms with Crippen LogP contribution in [0.4, 0.5) is 5.69 Å². The van der Waals surface area contributed by atoms with Crippen LogP contribution < -0.4 is 5.73 Å². The summed E-state index contributed by atoms with van der Waals surface area (Å²) in [5, 5.41) is 1.90. The van der Waals surface area contributed by atoms with Gasteiger partial charge in [0.05, 0.1) is 11.2 Å². The molecule has 2 N–H and O–H groups in total. The molecule has 0 aliphatic rings. The van der Waals surface area contributed by atoms with Gasteiger partial charge in [-0.05, 0) is 29.8 Å². The van der Waals surface area contributed by atoms with Gasteiger partial charge in [-0.25, -0.2) is 0 Å². The summed E-state index contributed by atoms with van der Waals surface area (Å²) in [6, 6.07) is 13.9. The number of anilines is 1. The molecule has 1 aromatic heterocycles. The van der Waals surface area contributed by atoms with Crippen LogP contribution in [-0.4, -0.2) is 4.57 Å². The number of benzene rings is 2. The monoisotopic (exact) mass is 334 g/mol. The molecule has 19 heavy (non-hydrogen) atoms. The quantitative estimate of drug-likeness (QED) is 0.677. The first-order valence-corrected chi connectivity index (χ1v) is 7.09. The number of aromatic nitrogens is 1. The van der Waals surface area contributed by atoms with Crippen LogP contribution in [0, 0.1) is 0 Å². The van der Waals surface area contributed by atoms with E-state index in [-0.39, 0.29) is 0 Å². The molecule has 1 heterocycles. The van der Waals surface area contributed by atoms with Gasteiger partial charge in [0.25, 0.3) is 0 Å². The lowest BCUT2D eigenvalue weighted by Gasteiger charge is -2.09. The minimum Gasteiger partial charge on any atom is -0.397 e. The zero-order valence-electron chi connectivity index (χ0n) is 10.1. The molecule has 0 saturated heterocycles. The van der Waals surface area contributed by atoms with E-state index in [1.165, 1.54) is 0 Å². The second-order valence-corrected chi connectivity index (χ2v) is 5.79. The lowest BCUT2D eigenvalue weighted by molar-refractivity contribution is 0.838. The Labute approximate surface area is 124 Å². The number of para-hydroxylation sites is 1. The molecular weight excluding hydrogens is 324 g/mol. The Morgan fingerprint density at radius 3 is 2.79 bits per heavy atom. The highest BCUT2D eigenvalue weighted by molar-refractivity contribution is 9.10. The number of fused-ring (bicyclic) bond motifs is 1. The van der Waals surface area contributed by atoms with Crippen LogP contribution in [0.3, 0.4) is 0 Å². The summed E-state index contributed by atoms with van der Waals surface area (Å²) in [6.45, 7) is 0.712. The van der Waals surface area contributed by atoms with Crippen LogP contribution in [0.5, 0.6) is 0 Å². The Kier molecular flexibility index (Phi) is 3.25. The standard InChI is InChI=1S/C15H12BrClN2/c16-12-5-4-11(13(17)8-12)9-19-7-6-10-2-1-3-14(18)15(10)19/h1-8H,9,18H2. The number of nitrogens with zero attached hydrogens (tertiary/aromatic N) is 1. The first kappa shape index (κ1) is 12.6. The van der Waals surface area contributed by atoms with Crippen molar-refractivity contribution in [1.29, 1.82) is 0 Å². The molecule has 0 saturated carbocycles. The van der Waals surface area contributed by atoms with Gasteiger partial charge in [0.2, 0.25) is 0 Å². The molecule has 0 amide bonds. The van der Waals surface area contributed by atoms with Crippen molar-refractivity contribution in [2.24, 2.45) is 0 Å². The third-order valence-corrected chi connectivity index (χ3v) is 4.02. The van der Waals surface area contributed by atoms with Crippen LogP contribution in [0.25, 0.3) is 10.9 Å². The van der Waals surface area contributed by atoms with Crippen LogP contribution in [0.15, 0.2) is 53.1 Å². The smallest absolute Gasteiger partial charge is 0.0716 e. The second-order valence-electron chi connectivity index (χ2n) is 4.46. The van der Waals surface area contributed by atoms with Crippen molar-refractivity contribution in [2.75, 3.05) is 5.73 Å². The van der Waals surface area contributed by atoms with Crippen LogP contribution in [-0.2, 0) is 6.54 Å². The lowest BCUT2D eigenvalue weighted by atomic mass is 10.2. The van der Waals surface area contributed by atoms with E-state index < -0.39 is 0 Å². The zero-order valence-corrected chi connectivity index (χ0v) is 12.4. The van der Waals surface area contributed by atoms with E-state index in [1.807, 2.05) is 36.5 Å². The third-order valence-electron chi connectivity index (χ3n) is 3.18. The van der Waals surface area contributed by atoms with Crippen LogP contribution in [0.1, 0.15) is 5.56 Å². The number of hydrogen-bond donors (Lipinski definition) is 1. The molecule has 2 aromatic carbocycles. The number of halogens is 2. The fourth-order valence-electron chi connectivity index (χ4n) is 2.26. The van der Waals surface area contributed by atoms with E-state index in [9.17, 15) is 0 Å². The van der Waals surface area contributed by atoms with E-state index in [2.05, 4.69) is 32.6 Å². The molecule has 96 valence electrons. The molecule has 0 unspecified atom stereocenters. The van der Waals surface area contributed by atoms with Crippen molar-refractivity contribution in [3.8, 4) is 0 Å². The van der Waals surface area contributed by atoms with Crippen LogP contribution in [0.2, 0.25) is 5.02 Å². The lowest BCUT2D eigenvalue weighted by Crippen LogP contribution is -2.00. The average molecular weight is 336 g/mol. The number of hydrogen-bond acceptors (Lipinski definition) is 1. The Hall–Kier alpha value is -1.45. The summed E-state index contributed by atoms with van der Waals surface area (Å²) >= 11 is 9.68. The summed E-state index contributed by atoms with van der Waals surface area (Å²) in [6.07, 6.45) is 2.04. The molecule has 3 rings (SSSR count). The zero-order chi connectivity index (χ0) is 13.4. The third kappa shape index (κ3) is 2.36. The van der Waals surface area contributed by atoms with Crippen molar-refractivity contribution < 1.29 is 0 Å². The van der Waals surface area contributed by atoms with Crippen molar-refractivity contribution in [3.63, 3.8) is 0 Å². The maximum atomic E-state index is 6.26. The molecule has 0 spiro atoms. The molecule has 0 aliphatic carbocycles. The summed E-state index contributed by atoms with van der Waals surface area (Å²) in [5.74, 6) is 0. The van der Waals surface area contributed by atoms with Gasteiger partial charge >= 0.3 is 0 Å². The van der Waals surface area contributed by atoms with E-state index in [0.29, 0.717) is 6.54 Å². The van der Waals surface area contributed by atoms with E-state index in [1.54, 1.807) is 0 Å². The largest absolute Gasteiger partial charge is 0.397 e. The molecule has 3 aromatic rings. The molecule has 0 radical (unpaired) electrons. The topological polar surface area (TPSA) is 30.9 Å². The molecule has 2 nitrogen and oxygen atoms in total. The second kappa shape index (κ2) is 4.91. The summed E-state index contributed by atoms with van der Waals surface area (Å²) in [4.78, 5) is 0. The van der Waals surface area contributed by atoms with Gasteiger partial charge in [0, 0.05) is 27.6 Å². The normalized spacial score (nSPS) is 11.1. The van der Waals surface area contributed by atoms with Crippen LogP contribution >= 0.6 is 27.5 Å². The highest BCUT2D eigenvalue weighted by atomic mass is 79.9. The van der Waals surface area contributed by atoms with Crippen molar-refractivity contribution in [2.45, 2.75) is 6.54 Å². The van der Waals surface area contributed by atoms with E-state index >= 15 is 0 Å². The minimum absolute atomic E-state index is 0.712. The van der Waals surface area contributed by atoms with E-state index in [0.717, 1.165) is 31.6 Å². The molecular formula is C15H12BrClN2. The maximum Gasteiger partial charge on any atom is 0.0716 e. The van der Waals surface area contributed by atoms with Gasteiger partial charge in [-0.1, -0.05) is 45.7 Å². The van der Waals surface area contributed by atoms with Gasteiger partial charge in [-0.15, -0.1) is 0 Å². The maximum absolute atomic E-state index is 6.26. The number of nitrogen functional groups attached to an aromatic ring is 1. The highest BCUT2D eigenvalue weighted by Crippen LogP contribution is 2.26. The first-order chi connectivity index (χ1) is 9.15. The minimum atomic E-state index is 0.712. The Morgan fingerprint density at radius 2 is 2.00 bits per heavy atom. The molecule has 4 heteroatoms. The van der Waals surface area contributed by atoms with Gasteiger partial charge in [0.1, 0.15) is 0 Å². The van der Waals surface area contributed by atoms with Gasteiger partial charge in [0.15, 0.2) is 0 Å². The van der Waals surface area contributed by atoms with Gasteiger partial charge in [-0.2, -0.15) is 0 Å². The van der Waals surface area contributed by atoms with Gasteiger partial charge in [-0.3, -0.25) is 0 Å². The van der Waals surface area contributed by atoms with E-state index in [4.69, 9.17) is 17.3 Å². The van der Waals surface area contributed by atoms with Crippen molar-refractivity contribution in [3.05, 3.63) is 63.7 Å². The predicted octanol–water partition coefficient (Wildman–Crippen LogP) is 4.69. The Morgan fingerprint density at radius 1 is 1.16 bits per heavy atom. The average Bonchev–Trinajstić information content (AvgIpc) is 2.77. The fourth-order valence-corrected chi connectivity index (χ4v) is 2.99.